The standard InChI is InChI=1S/C20H30O3/c1-14-6-5-7-15(2)12-20(21)18-11-9-16(3)17(4,10-8-14)19(18,23-18)13-22-20/h6,12,16,21H,5,7-11,13H2,1-4H3/b14-6+,15-12?/t16-,17-,18+,19-,20-/m1/s1. The third kappa shape index (κ3) is 1.82. The summed E-state index contributed by atoms with van der Waals surface area (Å²) >= 11 is 0. The van der Waals surface area contributed by atoms with Gasteiger partial charge in [0.2, 0.25) is 5.79 Å². The van der Waals surface area contributed by atoms with Gasteiger partial charge in [-0.1, -0.05) is 31.1 Å². The SMILES string of the molecule is CC1=C[C@@]2(O)OC[C@]34O[C@@]32CC[C@@H](C)[C@@]4(C)CC/C(C)=C/CC1. The molecule has 2 heterocycles. The topological polar surface area (TPSA) is 42.0 Å². The van der Waals surface area contributed by atoms with Crippen molar-refractivity contribution in [3.05, 3.63) is 23.3 Å². The number of ether oxygens (including phenoxy) is 2. The number of aliphatic hydroxyl groups is 1. The lowest BCUT2D eigenvalue weighted by atomic mass is 9.55. The maximum atomic E-state index is 11.3. The maximum Gasteiger partial charge on any atom is 0.218 e. The first kappa shape index (κ1) is 15.9. The van der Waals surface area contributed by atoms with E-state index in [2.05, 4.69) is 33.8 Å². The summed E-state index contributed by atoms with van der Waals surface area (Å²) in [5, 5.41) is 11.3. The van der Waals surface area contributed by atoms with Crippen molar-refractivity contribution in [3.8, 4) is 0 Å². The number of hydrogen-bond donors (Lipinski definition) is 1. The van der Waals surface area contributed by atoms with E-state index in [9.17, 15) is 5.11 Å². The molecule has 2 aliphatic heterocycles. The van der Waals surface area contributed by atoms with Gasteiger partial charge in [-0.25, -0.2) is 0 Å². The highest BCUT2D eigenvalue weighted by molar-refractivity contribution is 5.38. The largest absolute Gasteiger partial charge is 0.360 e. The fraction of sp³-hybridized carbons (Fsp3) is 0.800. The van der Waals surface area contributed by atoms with Crippen molar-refractivity contribution in [1.82, 2.24) is 0 Å². The molecule has 0 aromatic carbocycles. The van der Waals surface area contributed by atoms with Crippen LogP contribution in [-0.2, 0) is 9.47 Å². The number of hydrogen-bond acceptors (Lipinski definition) is 3. The Labute approximate surface area is 139 Å². The van der Waals surface area contributed by atoms with Crippen LogP contribution in [0.4, 0.5) is 0 Å². The van der Waals surface area contributed by atoms with Gasteiger partial charge in [0.15, 0.2) is 5.60 Å². The van der Waals surface area contributed by atoms with Gasteiger partial charge in [0, 0.05) is 5.41 Å². The Morgan fingerprint density at radius 3 is 2.70 bits per heavy atom. The summed E-state index contributed by atoms with van der Waals surface area (Å²) in [6.45, 7) is 9.59. The van der Waals surface area contributed by atoms with Crippen LogP contribution in [0, 0.1) is 11.3 Å². The fourth-order valence-corrected chi connectivity index (χ4v) is 5.54. The summed E-state index contributed by atoms with van der Waals surface area (Å²) < 4.78 is 12.5. The molecule has 4 rings (SSSR count). The smallest absolute Gasteiger partial charge is 0.218 e. The summed E-state index contributed by atoms with van der Waals surface area (Å²) in [4.78, 5) is 0. The quantitative estimate of drug-likeness (QED) is 0.540. The molecule has 3 heteroatoms. The van der Waals surface area contributed by atoms with Crippen LogP contribution in [0.3, 0.4) is 0 Å². The molecule has 0 radical (unpaired) electrons. The molecule has 23 heavy (non-hydrogen) atoms. The van der Waals surface area contributed by atoms with Crippen molar-refractivity contribution >= 4 is 0 Å². The molecular formula is C20H30O3. The van der Waals surface area contributed by atoms with Gasteiger partial charge in [0.1, 0.15) is 5.60 Å². The van der Waals surface area contributed by atoms with Gasteiger partial charge in [-0.15, -0.1) is 0 Å². The van der Waals surface area contributed by atoms with Crippen LogP contribution in [-0.4, -0.2) is 28.7 Å². The second-order valence-electron chi connectivity index (χ2n) is 8.68. The molecule has 0 spiro atoms. The van der Waals surface area contributed by atoms with Crippen molar-refractivity contribution in [2.45, 2.75) is 83.2 Å². The van der Waals surface area contributed by atoms with E-state index in [0.29, 0.717) is 12.5 Å². The van der Waals surface area contributed by atoms with Gasteiger partial charge in [-0.2, -0.15) is 0 Å². The Morgan fingerprint density at radius 2 is 1.91 bits per heavy atom. The van der Waals surface area contributed by atoms with E-state index in [0.717, 1.165) is 38.5 Å². The predicted molar refractivity (Wildman–Crippen MR) is 89.9 cm³/mol. The second kappa shape index (κ2) is 4.71. The zero-order valence-corrected chi connectivity index (χ0v) is 14.9. The highest BCUT2D eigenvalue weighted by atomic mass is 16.8. The van der Waals surface area contributed by atoms with Crippen LogP contribution in [0.2, 0.25) is 0 Å². The first-order valence-corrected chi connectivity index (χ1v) is 9.19. The molecule has 3 fully saturated rings. The highest BCUT2D eigenvalue weighted by Gasteiger charge is 2.89. The van der Waals surface area contributed by atoms with Gasteiger partial charge in [-0.3, -0.25) is 0 Å². The third-order valence-electron chi connectivity index (χ3n) is 7.49. The monoisotopic (exact) mass is 318 g/mol. The first-order chi connectivity index (χ1) is 10.8. The molecule has 4 bridgehead atoms. The zero-order valence-electron chi connectivity index (χ0n) is 14.9. The van der Waals surface area contributed by atoms with Crippen molar-refractivity contribution in [3.63, 3.8) is 0 Å². The molecule has 128 valence electrons. The minimum absolute atomic E-state index is 0.0613. The van der Waals surface area contributed by atoms with Crippen LogP contribution >= 0.6 is 0 Å². The zero-order chi connectivity index (χ0) is 16.5. The van der Waals surface area contributed by atoms with Crippen LogP contribution in [0.25, 0.3) is 0 Å². The maximum absolute atomic E-state index is 11.3. The lowest BCUT2D eigenvalue weighted by molar-refractivity contribution is -0.202. The summed E-state index contributed by atoms with van der Waals surface area (Å²) in [5.74, 6) is -0.652. The molecule has 0 aromatic rings. The van der Waals surface area contributed by atoms with Gasteiger partial charge >= 0.3 is 0 Å². The summed E-state index contributed by atoms with van der Waals surface area (Å²) in [5.41, 5.74) is 1.92. The molecule has 4 aliphatic rings. The lowest BCUT2D eigenvalue weighted by Gasteiger charge is -2.44. The predicted octanol–water partition coefficient (Wildman–Crippen LogP) is 4.12. The van der Waals surface area contributed by atoms with Crippen molar-refractivity contribution in [2.24, 2.45) is 11.3 Å². The van der Waals surface area contributed by atoms with E-state index < -0.39 is 11.4 Å². The van der Waals surface area contributed by atoms with Crippen molar-refractivity contribution in [1.29, 1.82) is 0 Å². The average molecular weight is 318 g/mol. The Kier molecular flexibility index (Phi) is 3.25. The normalized spacial score (nSPS) is 54.9. The number of epoxide rings is 1. The molecule has 5 atom stereocenters. The van der Waals surface area contributed by atoms with Crippen molar-refractivity contribution in [2.75, 3.05) is 6.61 Å². The highest BCUT2D eigenvalue weighted by Crippen LogP contribution is 2.75. The fourth-order valence-electron chi connectivity index (χ4n) is 5.54. The van der Waals surface area contributed by atoms with Crippen LogP contribution in [0.15, 0.2) is 23.3 Å². The first-order valence-electron chi connectivity index (χ1n) is 9.19. The lowest BCUT2D eigenvalue weighted by Crippen LogP contribution is -2.53. The van der Waals surface area contributed by atoms with Crippen LogP contribution < -0.4 is 0 Å². The summed E-state index contributed by atoms with van der Waals surface area (Å²) in [6.07, 6.45) is 10.5. The minimum Gasteiger partial charge on any atom is -0.360 e. The molecule has 2 saturated heterocycles. The number of rotatable bonds is 0. The second-order valence-corrected chi connectivity index (χ2v) is 8.68. The summed E-state index contributed by atoms with van der Waals surface area (Å²) in [6, 6.07) is 0. The van der Waals surface area contributed by atoms with Crippen molar-refractivity contribution < 1.29 is 14.6 Å². The minimum atomic E-state index is -1.24. The molecular weight excluding hydrogens is 288 g/mol. The third-order valence-corrected chi connectivity index (χ3v) is 7.49. The van der Waals surface area contributed by atoms with E-state index in [1.165, 1.54) is 11.1 Å². The van der Waals surface area contributed by atoms with E-state index in [1.54, 1.807) is 0 Å². The molecule has 2 aliphatic carbocycles. The summed E-state index contributed by atoms with van der Waals surface area (Å²) in [7, 11) is 0. The van der Waals surface area contributed by atoms with Gasteiger partial charge in [0.25, 0.3) is 0 Å². The molecule has 0 unspecified atom stereocenters. The van der Waals surface area contributed by atoms with Crippen LogP contribution in [0.5, 0.6) is 0 Å². The number of allylic oxidation sites excluding steroid dienone is 3. The molecule has 3 nitrogen and oxygen atoms in total. The van der Waals surface area contributed by atoms with E-state index in [-0.39, 0.29) is 11.0 Å². The Balaban J connectivity index is 1.81. The van der Waals surface area contributed by atoms with E-state index >= 15 is 0 Å². The van der Waals surface area contributed by atoms with Gasteiger partial charge in [-0.05, 0) is 64.4 Å². The average Bonchev–Trinajstić information content (AvgIpc) is 3.13. The molecule has 1 N–H and O–H groups in total. The van der Waals surface area contributed by atoms with Crippen LogP contribution in [0.1, 0.15) is 66.2 Å². The Hall–Kier alpha value is -0.640. The Bertz CT molecular complexity index is 594. The Morgan fingerprint density at radius 1 is 1.13 bits per heavy atom. The molecule has 0 aromatic heterocycles. The van der Waals surface area contributed by atoms with Gasteiger partial charge < -0.3 is 14.6 Å². The molecule has 0 amide bonds. The van der Waals surface area contributed by atoms with E-state index in [4.69, 9.17) is 9.47 Å². The molecule has 1 saturated carbocycles. The van der Waals surface area contributed by atoms with E-state index in [1.807, 2.05) is 6.08 Å². The van der Waals surface area contributed by atoms with Gasteiger partial charge in [0.05, 0.1) is 6.61 Å².